The van der Waals surface area contributed by atoms with Crippen LogP contribution in [0.25, 0.3) is 22.3 Å². The third-order valence-electron chi connectivity index (χ3n) is 14.1. The van der Waals surface area contributed by atoms with Crippen LogP contribution < -0.4 is 10.1 Å². The van der Waals surface area contributed by atoms with Gasteiger partial charge in [0, 0.05) is 58.4 Å². The first kappa shape index (κ1) is 65.6. The zero-order chi connectivity index (χ0) is 59.9. The average molecular weight is 1180 g/mol. The molecule has 7 rings (SSSR count). The van der Waals surface area contributed by atoms with E-state index in [1.165, 1.54) is 35.4 Å². The number of aromatic amines is 1. The maximum atomic E-state index is 13.8. The van der Waals surface area contributed by atoms with Crippen LogP contribution in [0, 0.1) is 11.3 Å². The van der Waals surface area contributed by atoms with Gasteiger partial charge in [0.1, 0.15) is 23.6 Å². The number of piperidine rings is 1. The molecule has 0 aliphatic carbocycles. The molecule has 0 bridgehead atoms. The van der Waals surface area contributed by atoms with Gasteiger partial charge in [0.25, 0.3) is 17.6 Å². The van der Waals surface area contributed by atoms with Crippen LogP contribution in [0.15, 0.2) is 60.8 Å². The number of aliphatic hydroxyl groups excluding tert-OH is 1. The molecule has 0 radical (unpaired) electrons. The highest BCUT2D eigenvalue weighted by molar-refractivity contribution is 6.45. The molecule has 2 saturated heterocycles. The number of aromatic nitrogens is 8. The van der Waals surface area contributed by atoms with Crippen LogP contribution in [0.1, 0.15) is 71.3 Å². The second-order valence-electron chi connectivity index (χ2n) is 20.1. The summed E-state index contributed by atoms with van der Waals surface area (Å²) in [5.41, 5.74) is 3.52. The molecule has 27 heteroatoms. The number of ketones is 2. The van der Waals surface area contributed by atoms with Gasteiger partial charge in [0.2, 0.25) is 5.82 Å². The largest absolute Gasteiger partial charge is 0.494 e. The molecule has 2 fully saturated rings. The van der Waals surface area contributed by atoms with Crippen LogP contribution in [0.2, 0.25) is 0 Å². The number of benzene rings is 1. The van der Waals surface area contributed by atoms with Gasteiger partial charge >= 0.3 is 0 Å². The number of H-pyrrole nitrogens is 1. The Morgan fingerprint density at radius 3 is 1.96 bits per heavy atom. The van der Waals surface area contributed by atoms with Crippen LogP contribution in [-0.2, 0) is 60.6 Å². The minimum Gasteiger partial charge on any atom is -0.494 e. The number of pyridine rings is 1. The van der Waals surface area contributed by atoms with Crippen LogP contribution >= 0.6 is 0 Å². The minimum atomic E-state index is -0.731. The quantitative estimate of drug-likeness (QED) is 0.0219. The molecule has 1 atom stereocenters. The number of likely N-dealkylation sites (tertiary alicyclic amines) is 1. The van der Waals surface area contributed by atoms with Gasteiger partial charge in [-0.15, -0.1) is 10.2 Å². The molecule has 2 aliphatic rings. The Labute approximate surface area is 494 Å². The number of nitriles is 1. The number of allylic oxidation sites excluding steroid dienone is 1. The van der Waals surface area contributed by atoms with E-state index in [2.05, 4.69) is 51.5 Å². The van der Waals surface area contributed by atoms with Gasteiger partial charge in [-0.05, 0) is 50.3 Å². The number of amides is 2. The second kappa shape index (κ2) is 36.8. The summed E-state index contributed by atoms with van der Waals surface area (Å²) in [6.45, 7) is 15.1. The Morgan fingerprint density at radius 1 is 0.753 bits per heavy atom. The molecule has 5 aromatic rings. The number of hydrogen-bond acceptors (Lipinski definition) is 22. The molecule has 2 amide bonds. The van der Waals surface area contributed by atoms with Crippen molar-refractivity contribution in [3.8, 4) is 17.6 Å². The Balaban J connectivity index is 0.682. The van der Waals surface area contributed by atoms with Crippen LogP contribution in [0.4, 0.5) is 0 Å². The third kappa shape index (κ3) is 21.5. The van der Waals surface area contributed by atoms with Crippen LogP contribution in [0.3, 0.4) is 0 Å². The van der Waals surface area contributed by atoms with E-state index in [1.54, 1.807) is 11.6 Å². The smallest absolute Gasteiger partial charge is 0.295 e. The lowest BCUT2D eigenvalue weighted by molar-refractivity contribution is -0.126. The lowest BCUT2D eigenvalue weighted by Gasteiger charge is -2.34. The molecule has 6 heterocycles. The number of piperazine rings is 1. The first-order valence-corrected chi connectivity index (χ1v) is 29.0. The van der Waals surface area contributed by atoms with Gasteiger partial charge in [0.15, 0.2) is 5.82 Å². The maximum absolute atomic E-state index is 13.8. The summed E-state index contributed by atoms with van der Waals surface area (Å²) >= 11 is 0. The molecule has 0 unspecified atom stereocenters. The number of carbonyl (C=O) groups is 4. The maximum Gasteiger partial charge on any atom is 0.295 e. The fourth-order valence-corrected chi connectivity index (χ4v) is 9.46. The van der Waals surface area contributed by atoms with Crippen molar-refractivity contribution in [2.45, 2.75) is 58.2 Å². The fraction of sp³-hybridized carbons (Fsp3) is 0.586. The number of aliphatic hydroxyl groups is 1. The van der Waals surface area contributed by atoms with E-state index < -0.39 is 23.6 Å². The van der Waals surface area contributed by atoms with Gasteiger partial charge in [-0.2, -0.15) is 9.94 Å². The van der Waals surface area contributed by atoms with E-state index in [0.29, 0.717) is 154 Å². The standard InChI is InChI=1S/C58H81N13O14/c1-44(73)12-22-78-25-28-81-31-32-83-30-27-80-24-21-70-40-48(64-66-70)42-85-36-35-84-34-33-82-29-26-79-23-20-68-18-16-67(17-19-68)13-6-9-47(41-72)63-57(75)55-62-43-71(65-55)56-53-52(51(77-2)39-61-56)50(38-60-53)54(74)58(76)69-14-10-46(11-15-69)49(37-59)45-7-4-3-5-8-45/h3-5,7-8,38-40,43,47,60,72H,6,9-36,41-42H2,1-2H3,(H,63,75)/t47-/m0/s1. The molecule has 3 N–H and O–H groups in total. The molecule has 4 aromatic heterocycles. The summed E-state index contributed by atoms with van der Waals surface area (Å²) in [7, 11) is 1.44. The number of rotatable bonds is 41. The molecule has 0 spiro atoms. The average Bonchev–Trinajstić information content (AvgIpc) is 3.89. The Kier molecular flexibility index (Phi) is 28.4. The Morgan fingerprint density at radius 2 is 1.35 bits per heavy atom. The number of hydrogen-bond donors (Lipinski definition) is 3. The van der Waals surface area contributed by atoms with Crippen LogP contribution in [-0.4, -0.2) is 254 Å². The third-order valence-corrected chi connectivity index (χ3v) is 14.1. The number of Topliss-reactive ketones (excluding diaryl/α,β-unsaturated/α-hetero) is 2. The lowest BCUT2D eigenvalue weighted by Crippen LogP contribution is -2.47. The van der Waals surface area contributed by atoms with Crippen molar-refractivity contribution < 1.29 is 66.9 Å². The van der Waals surface area contributed by atoms with E-state index in [4.69, 9.17) is 42.6 Å². The molecule has 0 saturated carbocycles. The number of fused-ring (bicyclic) bond motifs is 1. The monoisotopic (exact) mass is 1180 g/mol. The predicted molar refractivity (Wildman–Crippen MR) is 308 cm³/mol. The van der Waals surface area contributed by atoms with Gasteiger partial charge in [0.05, 0.1) is 173 Å². The molecule has 1 aromatic carbocycles. The summed E-state index contributed by atoms with van der Waals surface area (Å²) in [6, 6.07) is 11.2. The van der Waals surface area contributed by atoms with E-state index >= 15 is 0 Å². The highest BCUT2D eigenvalue weighted by Gasteiger charge is 2.31. The van der Waals surface area contributed by atoms with E-state index in [-0.39, 0.29) is 48.4 Å². The first-order valence-electron chi connectivity index (χ1n) is 29.0. The number of nitrogens with zero attached hydrogens (tertiary/aromatic N) is 11. The summed E-state index contributed by atoms with van der Waals surface area (Å²) in [4.78, 5) is 69.7. The number of methoxy groups -OCH3 is 1. The van der Waals surface area contributed by atoms with E-state index in [9.17, 15) is 29.5 Å². The van der Waals surface area contributed by atoms with E-state index in [0.717, 1.165) is 62.5 Å². The van der Waals surface area contributed by atoms with Gasteiger partial charge in [-0.3, -0.25) is 24.1 Å². The lowest BCUT2D eigenvalue weighted by atomic mass is 9.93. The van der Waals surface area contributed by atoms with Crippen molar-refractivity contribution in [1.82, 2.24) is 59.7 Å². The highest BCUT2D eigenvalue weighted by Crippen LogP contribution is 2.33. The normalized spacial score (nSPS) is 14.4. The van der Waals surface area contributed by atoms with Crippen LogP contribution in [0.5, 0.6) is 5.75 Å². The first-order chi connectivity index (χ1) is 41.6. The molecular formula is C58H81N13O14. The SMILES string of the molecule is COc1cnc(-n2cnc(C(=O)N[C@H](CO)CCCN3CCN(CCOCCOCCOCCOCc4cn(CCOCCOCCOCCOCCC(C)=O)nn4)CC3)n2)c2[nH]cc(C(=O)C(=O)N3CCC(=C(C#N)c4ccccc4)CC3)c12. The minimum absolute atomic E-state index is 0.0924. The zero-order valence-electron chi connectivity index (χ0n) is 48.9. The Bertz CT molecular complexity index is 2890. The van der Waals surface area contributed by atoms with Crippen molar-refractivity contribution in [3.05, 3.63) is 83.5 Å². The summed E-state index contributed by atoms with van der Waals surface area (Å²) in [5.74, 6) is -1.52. The van der Waals surface area contributed by atoms with E-state index in [1.807, 2.05) is 36.5 Å². The van der Waals surface area contributed by atoms with Crippen molar-refractivity contribution >= 4 is 39.9 Å². The number of nitrogens with one attached hydrogen (secondary N) is 2. The number of carbonyl (C=O) groups excluding carboxylic acids is 4. The molecule has 2 aliphatic heterocycles. The van der Waals surface area contributed by atoms with Gasteiger partial charge in [-0.1, -0.05) is 35.5 Å². The molecule has 85 heavy (non-hydrogen) atoms. The summed E-state index contributed by atoms with van der Waals surface area (Å²) in [5, 5.41) is 35.9. The predicted octanol–water partition coefficient (Wildman–Crippen LogP) is 2.33. The number of ether oxygens (including phenoxy) is 9. The van der Waals surface area contributed by atoms with Crippen molar-refractivity contribution in [2.75, 3.05) is 165 Å². The highest BCUT2D eigenvalue weighted by atomic mass is 16.6. The van der Waals surface area contributed by atoms with Crippen molar-refractivity contribution in [2.24, 2.45) is 0 Å². The molecule has 27 nitrogen and oxygen atoms in total. The summed E-state index contributed by atoms with van der Waals surface area (Å²) in [6.07, 6.45) is 8.67. The second-order valence-corrected chi connectivity index (χ2v) is 20.1. The molecule has 462 valence electrons. The topological polar surface area (TPSA) is 307 Å². The Hall–Kier alpha value is -6.94. The van der Waals surface area contributed by atoms with Crippen molar-refractivity contribution in [1.29, 1.82) is 5.26 Å². The molecular weight excluding hydrogens is 1100 g/mol. The summed E-state index contributed by atoms with van der Waals surface area (Å²) < 4.78 is 53.2. The fourth-order valence-electron chi connectivity index (χ4n) is 9.46. The van der Waals surface area contributed by atoms with Gasteiger partial charge < -0.3 is 67.8 Å². The van der Waals surface area contributed by atoms with Gasteiger partial charge in [-0.25, -0.2) is 14.6 Å². The van der Waals surface area contributed by atoms with Crippen molar-refractivity contribution in [3.63, 3.8) is 0 Å². The zero-order valence-corrected chi connectivity index (χ0v) is 48.9.